The van der Waals surface area contributed by atoms with E-state index in [2.05, 4.69) is 33.1 Å². The first-order valence-electron chi connectivity index (χ1n) is 27.3. The Bertz CT molecular complexity index is 3590. The van der Waals surface area contributed by atoms with Gasteiger partial charge in [0.15, 0.2) is 34.7 Å². The van der Waals surface area contributed by atoms with Gasteiger partial charge in [0, 0.05) is 71.0 Å². The average Bonchev–Trinajstić information content (AvgIpc) is 1.72. The molecule has 4 fully saturated rings. The Morgan fingerprint density at radius 2 is 1.80 bits per heavy atom. The average molecular weight is 1110 g/mol. The van der Waals surface area contributed by atoms with Crippen LogP contribution in [0.2, 0.25) is 0 Å². The molecule has 22 nitrogen and oxygen atoms in total. The largest absolute Gasteiger partial charge is 0.508 e. The molecule has 2 saturated carbocycles. The van der Waals surface area contributed by atoms with Gasteiger partial charge in [-0.05, 0) is 139 Å². The summed E-state index contributed by atoms with van der Waals surface area (Å²) < 4.78 is 31.4. The van der Waals surface area contributed by atoms with Crippen LogP contribution in [0.3, 0.4) is 0 Å². The lowest BCUT2D eigenvalue weighted by molar-refractivity contribution is -0.364. The zero-order valence-corrected chi connectivity index (χ0v) is 44.0. The summed E-state index contributed by atoms with van der Waals surface area (Å²) in [6, 6.07) is 15.0. The molecule has 8 aliphatic rings. The van der Waals surface area contributed by atoms with Gasteiger partial charge in [0.05, 0.1) is 12.4 Å². The topological polar surface area (TPSA) is 370 Å². The Morgan fingerprint density at radius 1 is 1.00 bits per heavy atom. The number of aryl methyl sites for hydroxylation is 1. The second-order valence-corrected chi connectivity index (χ2v) is 23.0. The number of benzene rings is 3. The van der Waals surface area contributed by atoms with Crippen molar-refractivity contribution in [3.8, 4) is 40.1 Å². The van der Waals surface area contributed by atoms with Gasteiger partial charge < -0.3 is 96.4 Å². The smallest absolute Gasteiger partial charge is 0.336 e. The second kappa shape index (κ2) is 18.8. The number of hydrogen-bond donors (Lipinski definition) is 15. The highest BCUT2D eigenvalue weighted by Crippen LogP contribution is 2.81. The highest BCUT2D eigenvalue weighted by Gasteiger charge is 2.83. The summed E-state index contributed by atoms with van der Waals surface area (Å²) in [6.45, 7) is 2.27. The monoisotopic (exact) mass is 1110 g/mol. The van der Waals surface area contributed by atoms with Crippen molar-refractivity contribution < 1.29 is 74.1 Å². The van der Waals surface area contributed by atoms with Crippen LogP contribution in [0.25, 0.3) is 22.3 Å². The number of carboxylic acid groups (broad SMARTS) is 1. The minimum Gasteiger partial charge on any atom is -0.508 e. The molecule has 3 aromatic carbocycles. The molecule has 81 heavy (non-hydrogen) atoms. The van der Waals surface area contributed by atoms with Crippen molar-refractivity contribution in [2.24, 2.45) is 33.8 Å². The number of carboxylic acids is 1. The molecule has 0 radical (unpaired) electrons. The number of aromatic nitrogens is 1. The number of aliphatic hydroxyl groups excluding tert-OH is 4. The van der Waals surface area contributed by atoms with E-state index in [1.54, 1.807) is 18.2 Å². The van der Waals surface area contributed by atoms with Gasteiger partial charge in [-0.3, -0.25) is 10.1 Å². The van der Waals surface area contributed by atoms with Crippen LogP contribution in [0.15, 0.2) is 123 Å². The van der Waals surface area contributed by atoms with E-state index in [1.807, 2.05) is 13.0 Å². The van der Waals surface area contributed by atoms with Crippen LogP contribution in [-0.2, 0) is 16.0 Å². The third-order valence-corrected chi connectivity index (χ3v) is 19.1. The Morgan fingerprint density at radius 3 is 2.52 bits per heavy atom. The van der Waals surface area contributed by atoms with Crippen molar-refractivity contribution >= 4 is 22.8 Å². The van der Waals surface area contributed by atoms with Crippen LogP contribution < -0.4 is 47.1 Å². The van der Waals surface area contributed by atoms with Gasteiger partial charge in [-0.25, -0.2) is 4.79 Å². The molecule has 3 aliphatic heterocycles. The molecular weight excluding hydrogens is 1050 g/mol. The van der Waals surface area contributed by atoms with E-state index in [4.69, 9.17) is 34.8 Å². The number of phenolic OH excluding ortho intramolecular Hbond substituents is 2. The van der Waals surface area contributed by atoms with Crippen LogP contribution in [0.4, 0.5) is 5.82 Å². The van der Waals surface area contributed by atoms with Crippen LogP contribution in [0.5, 0.6) is 28.7 Å². The van der Waals surface area contributed by atoms with Gasteiger partial charge >= 0.3 is 5.97 Å². The van der Waals surface area contributed by atoms with Gasteiger partial charge in [0.25, 0.3) is 0 Å². The van der Waals surface area contributed by atoms with Crippen molar-refractivity contribution in [3.63, 3.8) is 0 Å². The molecule has 0 amide bonds. The summed E-state index contributed by atoms with van der Waals surface area (Å²) in [5.74, 6) is -3.49. The first-order chi connectivity index (χ1) is 38.8. The van der Waals surface area contributed by atoms with Gasteiger partial charge in [-0.1, -0.05) is 19.1 Å². The van der Waals surface area contributed by atoms with Crippen molar-refractivity contribution in [2.45, 2.75) is 99.7 Å². The summed E-state index contributed by atoms with van der Waals surface area (Å²) in [5.41, 5.74) is 6.35. The minimum atomic E-state index is -2.80. The number of aliphatic carboxylic acids is 1. The summed E-state index contributed by atoms with van der Waals surface area (Å²) in [4.78, 5) is 31.2. The molecule has 5 aliphatic carbocycles. The van der Waals surface area contributed by atoms with E-state index in [9.17, 15) is 55.5 Å². The fourth-order valence-corrected chi connectivity index (χ4v) is 15.6. The zero-order chi connectivity index (χ0) is 56.7. The first-order valence-corrected chi connectivity index (χ1v) is 27.3. The molecule has 14 unspecified atom stereocenters. The van der Waals surface area contributed by atoms with Crippen molar-refractivity contribution in [1.29, 1.82) is 0 Å². The number of anilines is 1. The lowest BCUT2D eigenvalue weighted by Gasteiger charge is -2.73. The Labute approximate surface area is 462 Å². The standard InChI is InChI=1S/C59H64N6O16/c1-2-27-15-31(17-32(67)16-27)52(73)80-49-40(20-39-46(48(49)70)37(68)19-38(78-39)28-3-5-33(6-4-28)77-41(25-66)47(69)36-7-8-44(60)65-36)79-54-57(75)22-42-56(43-24-62-26-64-43,59(76,53(57)74)50(81-54)51(71)72)21-29-9-12-55-13-10-30-23-63-45(61)18-35(30)58(42,55)34(29)11-14-55/h3-9,12,15-20,22,29,34,41,43,47,50,52-54,62-67,69-70,73-76H,2,10-11,13-14,21,23-26,60-61H2,1H3,(H,71,72). The Balaban J connectivity index is 0.965. The van der Waals surface area contributed by atoms with Crippen LogP contribution in [-0.4, -0.2) is 125 Å². The molecule has 14 atom stereocenters. The number of nitrogens with one attached hydrogen (secondary N) is 4. The molecule has 426 valence electrons. The lowest BCUT2D eigenvalue weighted by atomic mass is 9.33. The number of rotatable bonds is 14. The van der Waals surface area contributed by atoms with Crippen molar-refractivity contribution in [1.82, 2.24) is 20.9 Å². The molecule has 13 rings (SSSR count). The number of allylic oxidation sites excluding steroid dienone is 4. The van der Waals surface area contributed by atoms with Gasteiger partial charge in [-0.2, -0.15) is 0 Å². The summed E-state index contributed by atoms with van der Waals surface area (Å²) in [5, 5.41) is 118. The van der Waals surface area contributed by atoms with Crippen LogP contribution >= 0.6 is 0 Å². The highest BCUT2D eigenvalue weighted by atomic mass is 16.7. The number of carbonyl (C=O) groups is 1. The third-order valence-electron chi connectivity index (χ3n) is 19.1. The number of fused-ring (bicyclic) bond motifs is 5. The number of dihydropyridines is 1. The second-order valence-electron chi connectivity index (χ2n) is 23.0. The van der Waals surface area contributed by atoms with Gasteiger partial charge in [-0.15, -0.1) is 0 Å². The number of phenols is 2. The van der Waals surface area contributed by atoms with E-state index in [0.29, 0.717) is 60.1 Å². The normalized spacial score (nSPS) is 33.5. The van der Waals surface area contributed by atoms with Gasteiger partial charge in [0.2, 0.25) is 18.3 Å². The first kappa shape index (κ1) is 53.0. The van der Waals surface area contributed by atoms with E-state index >= 15 is 0 Å². The number of hydrogen-bond acceptors (Lipinski definition) is 20. The number of nitrogens with two attached hydrogens (primary N) is 2. The number of nitrogen functional groups attached to an aromatic ring is 1. The lowest BCUT2D eigenvalue weighted by Crippen LogP contribution is -2.85. The maximum Gasteiger partial charge on any atom is 0.336 e. The third kappa shape index (κ3) is 7.51. The van der Waals surface area contributed by atoms with Crippen molar-refractivity contribution in [3.05, 3.63) is 141 Å². The molecule has 1 spiro atoms. The summed E-state index contributed by atoms with van der Waals surface area (Å²) >= 11 is 0. The molecule has 17 N–H and O–H groups in total. The maximum absolute atomic E-state index is 14.3. The molecule has 2 aromatic heterocycles. The molecular formula is C59H64N6O16. The maximum atomic E-state index is 14.3. The van der Waals surface area contributed by atoms with Crippen LogP contribution in [0.1, 0.15) is 68.2 Å². The number of ether oxygens (including phenoxy) is 4. The number of aromatic hydroxyl groups is 2. The van der Waals surface area contributed by atoms with Crippen LogP contribution in [0, 0.1) is 28.1 Å². The SMILES string of the molecule is CCc1cc(O)cc(C(O)Oc2c(OC3OC(C(=O)O)C4(O)C(O)C3(O)C=C3C4(C4CNCN4)CC4C=CC56CCC7=C(C=C(N)NC7)C35C4CC6)cc3oc(-c4ccc(OC(CO)C(O)c5ccc(N)[nH]5)cc4)cc(=O)c3c2O)c1. The number of aliphatic hydroxyl groups is 6. The van der Waals surface area contributed by atoms with Gasteiger partial charge in [0.1, 0.15) is 51.9 Å². The number of aromatic amines is 1. The van der Waals surface area contributed by atoms with Crippen molar-refractivity contribution in [2.75, 3.05) is 32.1 Å². The quantitative estimate of drug-likeness (QED) is 0.0561. The van der Waals surface area contributed by atoms with E-state index < -0.39 is 111 Å². The zero-order valence-electron chi connectivity index (χ0n) is 44.0. The summed E-state index contributed by atoms with van der Waals surface area (Å²) in [6.07, 6.45) is 0.210. The predicted octanol–water partition coefficient (Wildman–Crippen LogP) is 2.81. The Kier molecular flexibility index (Phi) is 12.3. The van der Waals surface area contributed by atoms with E-state index in [0.717, 1.165) is 42.5 Å². The molecule has 5 aromatic rings. The fraction of sp³-hybridized carbons (Fsp3) is 0.424. The van der Waals surface area contributed by atoms with E-state index in [1.165, 1.54) is 42.5 Å². The predicted molar refractivity (Wildman–Crippen MR) is 289 cm³/mol. The van der Waals surface area contributed by atoms with E-state index in [-0.39, 0.29) is 53.2 Å². The minimum absolute atomic E-state index is 0.0250. The highest BCUT2D eigenvalue weighted by molar-refractivity contribution is 5.90. The fourth-order valence-electron chi connectivity index (χ4n) is 15.6. The number of H-pyrrole nitrogens is 1. The summed E-state index contributed by atoms with van der Waals surface area (Å²) in [7, 11) is 0. The molecule has 6 bridgehead atoms. The Hall–Kier alpha value is -7.38. The molecule has 5 heterocycles. The molecule has 2 saturated heterocycles. The molecule has 22 heteroatoms.